The molecule has 0 unspecified atom stereocenters. The van der Waals surface area contributed by atoms with Crippen LogP contribution in [0.25, 0.3) is 0 Å². The molecule has 0 aliphatic heterocycles. The van der Waals surface area contributed by atoms with Crippen LogP contribution in [0.5, 0.6) is 0 Å². The highest BCUT2D eigenvalue weighted by Gasteiger charge is 2.13. The molecule has 1 N–H and O–H groups in total. The van der Waals surface area contributed by atoms with Crippen LogP contribution < -0.4 is 5.32 Å². The Hall–Kier alpha value is -1.47. The molecule has 5 nitrogen and oxygen atoms in total. The number of benzene rings is 1. The van der Waals surface area contributed by atoms with Crippen LogP contribution in [0.3, 0.4) is 0 Å². The molecular formula is C16H13Cl3N2O3S. The Morgan fingerprint density at radius 3 is 2.56 bits per heavy atom. The Morgan fingerprint density at radius 2 is 1.88 bits per heavy atom. The highest BCUT2D eigenvalue weighted by Crippen LogP contribution is 2.28. The van der Waals surface area contributed by atoms with Gasteiger partial charge in [0, 0.05) is 16.1 Å². The monoisotopic (exact) mass is 418 g/mol. The quantitative estimate of drug-likeness (QED) is 0.546. The minimum absolute atomic E-state index is 0.0774. The zero-order valence-electron chi connectivity index (χ0n) is 13.0. The van der Waals surface area contributed by atoms with E-state index in [4.69, 9.17) is 39.5 Å². The molecule has 0 saturated carbocycles. The van der Waals surface area contributed by atoms with E-state index in [0.717, 1.165) is 4.90 Å². The maximum Gasteiger partial charge on any atom is 0.316 e. The number of hydrogen-bond donors (Lipinski definition) is 1. The number of thioether (sulfide) groups is 1. The van der Waals surface area contributed by atoms with E-state index in [0.29, 0.717) is 15.6 Å². The maximum atomic E-state index is 11.8. The third kappa shape index (κ3) is 6.08. The van der Waals surface area contributed by atoms with Gasteiger partial charge in [0.2, 0.25) is 0 Å². The number of rotatable bonds is 6. The Morgan fingerprint density at radius 1 is 1.20 bits per heavy atom. The number of nitrogens with one attached hydrogen (secondary N) is 1. The number of nitrogens with zero attached hydrogens (tertiary/aromatic N) is 1. The Labute approximate surface area is 164 Å². The molecule has 0 fully saturated rings. The largest absolute Gasteiger partial charge is 0.455 e. The molecule has 1 amide bonds. The first-order valence-electron chi connectivity index (χ1n) is 7.01. The van der Waals surface area contributed by atoms with Gasteiger partial charge in [-0.05, 0) is 36.8 Å². The second-order valence-corrected chi connectivity index (χ2v) is 7.12. The van der Waals surface area contributed by atoms with Crippen LogP contribution in [0.15, 0.2) is 35.4 Å². The second kappa shape index (κ2) is 9.29. The van der Waals surface area contributed by atoms with Gasteiger partial charge in [-0.2, -0.15) is 0 Å². The molecular weight excluding hydrogens is 407 g/mol. The number of aromatic nitrogens is 1. The minimum Gasteiger partial charge on any atom is -0.455 e. The average molecular weight is 420 g/mol. The van der Waals surface area contributed by atoms with E-state index in [2.05, 4.69) is 10.3 Å². The summed E-state index contributed by atoms with van der Waals surface area (Å²) in [6.45, 7) is 1.27. The summed E-state index contributed by atoms with van der Waals surface area (Å²) >= 11 is 19.0. The van der Waals surface area contributed by atoms with Crippen molar-refractivity contribution in [1.29, 1.82) is 0 Å². The summed E-state index contributed by atoms with van der Waals surface area (Å²) in [5, 5.41) is 3.73. The van der Waals surface area contributed by atoms with Crippen molar-refractivity contribution in [3.8, 4) is 0 Å². The first-order valence-corrected chi connectivity index (χ1v) is 9.13. The van der Waals surface area contributed by atoms with E-state index < -0.39 is 18.5 Å². The van der Waals surface area contributed by atoms with Gasteiger partial charge in [-0.1, -0.05) is 34.8 Å². The summed E-state index contributed by atoms with van der Waals surface area (Å²) in [4.78, 5) is 28.3. The molecule has 9 heteroatoms. The number of esters is 1. The van der Waals surface area contributed by atoms with Crippen molar-refractivity contribution < 1.29 is 14.3 Å². The van der Waals surface area contributed by atoms with Crippen molar-refractivity contribution in [2.75, 3.05) is 17.7 Å². The summed E-state index contributed by atoms with van der Waals surface area (Å²) in [5.41, 5.74) is 0.602. The van der Waals surface area contributed by atoms with Crippen LogP contribution >= 0.6 is 46.6 Å². The normalized spacial score (nSPS) is 10.4. The van der Waals surface area contributed by atoms with E-state index in [1.165, 1.54) is 18.0 Å². The van der Waals surface area contributed by atoms with Gasteiger partial charge < -0.3 is 10.1 Å². The Balaban J connectivity index is 1.78. The highest BCUT2D eigenvalue weighted by atomic mass is 35.5. The summed E-state index contributed by atoms with van der Waals surface area (Å²) in [5.74, 6) is -0.809. The number of anilines is 1. The molecule has 0 atom stereocenters. The molecule has 0 spiro atoms. The number of amides is 1. The predicted octanol–water partition coefficient (Wildman–Crippen LogP) is 4.62. The molecule has 2 aromatic rings. The smallest absolute Gasteiger partial charge is 0.316 e. The molecule has 0 saturated heterocycles. The predicted molar refractivity (Wildman–Crippen MR) is 101 cm³/mol. The number of carbonyl (C=O) groups excluding carboxylic acids is 2. The van der Waals surface area contributed by atoms with Gasteiger partial charge in [-0.25, -0.2) is 4.98 Å². The zero-order chi connectivity index (χ0) is 18.4. The van der Waals surface area contributed by atoms with Crippen molar-refractivity contribution in [1.82, 2.24) is 4.98 Å². The lowest BCUT2D eigenvalue weighted by Crippen LogP contribution is -2.22. The minimum atomic E-state index is -0.541. The van der Waals surface area contributed by atoms with Gasteiger partial charge in [0.15, 0.2) is 12.4 Å². The van der Waals surface area contributed by atoms with Crippen LogP contribution in [0.1, 0.15) is 5.56 Å². The Bertz CT molecular complexity index is 785. The van der Waals surface area contributed by atoms with Crippen LogP contribution in [-0.4, -0.2) is 29.2 Å². The van der Waals surface area contributed by atoms with Crippen molar-refractivity contribution in [2.45, 2.75) is 11.8 Å². The number of pyridine rings is 1. The molecule has 25 heavy (non-hydrogen) atoms. The van der Waals surface area contributed by atoms with E-state index in [1.807, 2.05) is 0 Å². The molecule has 1 aromatic carbocycles. The van der Waals surface area contributed by atoms with E-state index >= 15 is 0 Å². The molecule has 0 radical (unpaired) electrons. The topological polar surface area (TPSA) is 68.3 Å². The van der Waals surface area contributed by atoms with Crippen LogP contribution in [0, 0.1) is 6.92 Å². The molecule has 0 aliphatic rings. The SMILES string of the molecule is Cc1c(Cl)cnc(NC(=O)COC(=O)CSc2ccc(Cl)cc2)c1Cl. The van der Waals surface area contributed by atoms with Gasteiger partial charge in [0.05, 0.1) is 15.8 Å². The molecule has 132 valence electrons. The highest BCUT2D eigenvalue weighted by molar-refractivity contribution is 8.00. The lowest BCUT2D eigenvalue weighted by atomic mass is 10.3. The van der Waals surface area contributed by atoms with Gasteiger partial charge in [-0.15, -0.1) is 11.8 Å². The number of halogens is 3. The molecule has 2 rings (SSSR count). The van der Waals surface area contributed by atoms with Gasteiger partial charge in [-0.3, -0.25) is 9.59 Å². The molecule has 1 heterocycles. The lowest BCUT2D eigenvalue weighted by Gasteiger charge is -2.09. The molecule has 1 aromatic heterocycles. The molecule has 0 aliphatic carbocycles. The molecule has 0 bridgehead atoms. The van der Waals surface area contributed by atoms with E-state index in [9.17, 15) is 9.59 Å². The van der Waals surface area contributed by atoms with Crippen LogP contribution in [-0.2, 0) is 14.3 Å². The van der Waals surface area contributed by atoms with E-state index in [-0.39, 0.29) is 16.6 Å². The standard InChI is InChI=1S/C16H13Cl3N2O3S/c1-9-12(18)6-20-16(15(9)19)21-13(22)7-24-14(23)8-25-11-4-2-10(17)3-5-11/h2-6H,7-8H2,1H3,(H,20,21,22). The average Bonchev–Trinajstić information content (AvgIpc) is 2.60. The lowest BCUT2D eigenvalue weighted by molar-refractivity contribution is -0.144. The number of carbonyl (C=O) groups is 2. The maximum absolute atomic E-state index is 11.8. The van der Waals surface area contributed by atoms with Gasteiger partial charge >= 0.3 is 5.97 Å². The van der Waals surface area contributed by atoms with E-state index in [1.54, 1.807) is 31.2 Å². The fraction of sp³-hybridized carbons (Fsp3) is 0.188. The zero-order valence-corrected chi connectivity index (χ0v) is 16.1. The first kappa shape index (κ1) is 19.8. The summed E-state index contributed by atoms with van der Waals surface area (Å²) < 4.78 is 4.92. The fourth-order valence-electron chi connectivity index (χ4n) is 1.67. The van der Waals surface area contributed by atoms with Gasteiger partial charge in [0.1, 0.15) is 0 Å². The van der Waals surface area contributed by atoms with Crippen molar-refractivity contribution >= 4 is 64.3 Å². The number of hydrogen-bond acceptors (Lipinski definition) is 5. The van der Waals surface area contributed by atoms with Crippen LogP contribution in [0.2, 0.25) is 15.1 Å². The number of ether oxygens (including phenoxy) is 1. The Kier molecular flexibility index (Phi) is 7.38. The first-order chi connectivity index (χ1) is 11.9. The third-order valence-electron chi connectivity index (χ3n) is 2.99. The summed E-state index contributed by atoms with van der Waals surface area (Å²) in [6.07, 6.45) is 1.38. The van der Waals surface area contributed by atoms with Crippen molar-refractivity contribution in [3.05, 3.63) is 51.1 Å². The second-order valence-electron chi connectivity index (χ2n) is 4.85. The van der Waals surface area contributed by atoms with Crippen molar-refractivity contribution in [3.63, 3.8) is 0 Å². The third-order valence-corrected chi connectivity index (χ3v) is 5.08. The fourth-order valence-corrected chi connectivity index (χ4v) is 2.89. The summed E-state index contributed by atoms with van der Waals surface area (Å²) in [6, 6.07) is 7.05. The van der Waals surface area contributed by atoms with Gasteiger partial charge in [0.25, 0.3) is 5.91 Å². The van der Waals surface area contributed by atoms with Crippen molar-refractivity contribution in [2.24, 2.45) is 0 Å². The van der Waals surface area contributed by atoms with Crippen LogP contribution in [0.4, 0.5) is 5.82 Å². The summed E-state index contributed by atoms with van der Waals surface area (Å²) in [7, 11) is 0.